The Kier molecular flexibility index (Phi) is 4.88. The van der Waals surface area contributed by atoms with Crippen molar-refractivity contribution in [2.75, 3.05) is 13.7 Å². The van der Waals surface area contributed by atoms with E-state index < -0.39 is 18.3 Å². The Morgan fingerprint density at radius 1 is 1.35 bits per heavy atom. The van der Waals surface area contributed by atoms with Crippen molar-refractivity contribution in [1.29, 1.82) is 0 Å². The first-order valence-corrected chi connectivity index (χ1v) is 6.67. The Morgan fingerprint density at radius 2 is 2.10 bits per heavy atom. The summed E-state index contributed by atoms with van der Waals surface area (Å²) in [4.78, 5) is 0. The third kappa shape index (κ3) is 3.64. The lowest BCUT2D eigenvalue weighted by molar-refractivity contribution is -0.166. The lowest BCUT2D eigenvalue weighted by atomic mass is 9.97. The van der Waals surface area contributed by atoms with Gasteiger partial charge >= 0.3 is 6.18 Å². The summed E-state index contributed by atoms with van der Waals surface area (Å²) in [6.45, 7) is 0.778. The van der Waals surface area contributed by atoms with Gasteiger partial charge in [-0.2, -0.15) is 13.2 Å². The van der Waals surface area contributed by atoms with Gasteiger partial charge in [0.25, 0.3) is 0 Å². The second-order valence-electron chi connectivity index (χ2n) is 4.91. The lowest BCUT2D eigenvalue weighted by Gasteiger charge is -2.34. The van der Waals surface area contributed by atoms with Gasteiger partial charge in [0.15, 0.2) is 0 Å². The van der Waals surface area contributed by atoms with E-state index in [0.717, 1.165) is 12.0 Å². The van der Waals surface area contributed by atoms with E-state index in [1.54, 1.807) is 13.2 Å². The van der Waals surface area contributed by atoms with Crippen molar-refractivity contribution in [2.24, 2.45) is 0 Å². The van der Waals surface area contributed by atoms with E-state index in [2.05, 4.69) is 10.6 Å². The Hall–Kier alpha value is -1.27. The van der Waals surface area contributed by atoms with Gasteiger partial charge in [0.2, 0.25) is 0 Å². The van der Waals surface area contributed by atoms with Crippen LogP contribution in [0, 0.1) is 0 Å². The minimum Gasteiger partial charge on any atom is -0.496 e. The first-order chi connectivity index (χ1) is 9.52. The van der Waals surface area contributed by atoms with Crippen LogP contribution in [-0.4, -0.2) is 31.9 Å². The maximum Gasteiger partial charge on any atom is 0.405 e. The molecule has 1 aromatic rings. The number of methoxy groups -OCH3 is 1. The molecule has 0 radical (unpaired) electrons. The molecule has 3 nitrogen and oxygen atoms in total. The Labute approximate surface area is 116 Å². The first-order valence-electron chi connectivity index (χ1n) is 6.67. The number of benzene rings is 1. The number of halogens is 3. The smallest absolute Gasteiger partial charge is 0.405 e. The SMILES string of the molecule is COc1ccccc1CNC1CCCNC1C(F)(F)F. The van der Waals surface area contributed by atoms with Crippen molar-refractivity contribution in [3.63, 3.8) is 0 Å². The van der Waals surface area contributed by atoms with Gasteiger partial charge in [-0.1, -0.05) is 18.2 Å². The molecule has 2 N–H and O–H groups in total. The molecule has 2 atom stereocenters. The van der Waals surface area contributed by atoms with E-state index >= 15 is 0 Å². The molecule has 2 unspecified atom stereocenters. The molecule has 1 saturated heterocycles. The Balaban J connectivity index is 2.01. The molecule has 1 heterocycles. The van der Waals surface area contributed by atoms with Crippen LogP contribution in [0.15, 0.2) is 24.3 Å². The van der Waals surface area contributed by atoms with Crippen LogP contribution in [0.25, 0.3) is 0 Å². The standard InChI is InChI=1S/C14H19F3N2O/c1-20-12-7-3-2-5-10(12)9-19-11-6-4-8-18-13(11)14(15,16)17/h2-3,5,7,11,13,18-19H,4,6,8-9H2,1H3. The van der Waals surface area contributed by atoms with Crippen molar-refractivity contribution < 1.29 is 17.9 Å². The largest absolute Gasteiger partial charge is 0.496 e. The van der Waals surface area contributed by atoms with E-state index in [1.807, 2.05) is 18.2 Å². The van der Waals surface area contributed by atoms with Crippen LogP contribution in [0.4, 0.5) is 13.2 Å². The molecule has 1 fully saturated rings. The first kappa shape index (κ1) is 15.1. The fraction of sp³-hybridized carbons (Fsp3) is 0.571. The molecule has 0 spiro atoms. The molecule has 1 aliphatic heterocycles. The third-order valence-corrected chi connectivity index (χ3v) is 3.56. The molecule has 1 aliphatic rings. The Morgan fingerprint density at radius 3 is 2.80 bits per heavy atom. The van der Waals surface area contributed by atoms with Gasteiger partial charge in [0, 0.05) is 18.2 Å². The quantitative estimate of drug-likeness (QED) is 0.893. The minimum atomic E-state index is -4.22. The predicted octanol–water partition coefficient (Wildman–Crippen LogP) is 2.47. The predicted molar refractivity (Wildman–Crippen MR) is 70.7 cm³/mol. The minimum absolute atomic E-state index is 0.364. The fourth-order valence-corrected chi connectivity index (χ4v) is 2.54. The van der Waals surface area contributed by atoms with Crippen LogP contribution >= 0.6 is 0 Å². The zero-order valence-electron chi connectivity index (χ0n) is 11.3. The van der Waals surface area contributed by atoms with Crippen LogP contribution in [0.5, 0.6) is 5.75 Å². The topological polar surface area (TPSA) is 33.3 Å². The van der Waals surface area contributed by atoms with Crippen molar-refractivity contribution in [2.45, 2.75) is 37.6 Å². The molecular weight excluding hydrogens is 269 g/mol. The van der Waals surface area contributed by atoms with Crippen molar-refractivity contribution >= 4 is 0 Å². The molecule has 2 rings (SSSR count). The van der Waals surface area contributed by atoms with Crippen LogP contribution < -0.4 is 15.4 Å². The average Bonchev–Trinajstić information content (AvgIpc) is 2.44. The zero-order chi connectivity index (χ0) is 14.6. The highest BCUT2D eigenvalue weighted by atomic mass is 19.4. The van der Waals surface area contributed by atoms with E-state index in [9.17, 15) is 13.2 Å². The van der Waals surface area contributed by atoms with Gasteiger partial charge in [-0.05, 0) is 25.5 Å². The zero-order valence-corrected chi connectivity index (χ0v) is 11.3. The van der Waals surface area contributed by atoms with Gasteiger partial charge < -0.3 is 15.4 Å². The van der Waals surface area contributed by atoms with Crippen LogP contribution in [0.2, 0.25) is 0 Å². The van der Waals surface area contributed by atoms with Gasteiger partial charge in [-0.3, -0.25) is 0 Å². The number of hydrogen-bond donors (Lipinski definition) is 2. The summed E-state index contributed by atoms with van der Waals surface area (Å²) < 4.78 is 44.0. The molecule has 0 aliphatic carbocycles. The van der Waals surface area contributed by atoms with E-state index in [1.165, 1.54) is 0 Å². The molecule has 1 aromatic carbocycles. The van der Waals surface area contributed by atoms with E-state index in [0.29, 0.717) is 25.3 Å². The normalized spacial score (nSPS) is 23.6. The second-order valence-corrected chi connectivity index (χ2v) is 4.91. The molecule has 0 aromatic heterocycles. The van der Waals surface area contributed by atoms with Gasteiger partial charge in [-0.25, -0.2) is 0 Å². The van der Waals surface area contributed by atoms with Crippen LogP contribution in [0.3, 0.4) is 0 Å². The maximum atomic E-state index is 12.9. The fourth-order valence-electron chi connectivity index (χ4n) is 2.54. The van der Waals surface area contributed by atoms with Crippen molar-refractivity contribution in [3.05, 3.63) is 29.8 Å². The van der Waals surface area contributed by atoms with Crippen LogP contribution in [0.1, 0.15) is 18.4 Å². The van der Waals surface area contributed by atoms with Crippen molar-refractivity contribution in [3.8, 4) is 5.75 Å². The Bertz CT molecular complexity index is 437. The average molecular weight is 288 g/mol. The summed E-state index contributed by atoms with van der Waals surface area (Å²) in [5, 5.41) is 5.56. The summed E-state index contributed by atoms with van der Waals surface area (Å²) in [6, 6.07) is 5.25. The van der Waals surface area contributed by atoms with Crippen molar-refractivity contribution in [1.82, 2.24) is 10.6 Å². The number of alkyl halides is 3. The molecule has 0 amide bonds. The third-order valence-electron chi connectivity index (χ3n) is 3.56. The van der Waals surface area contributed by atoms with Gasteiger partial charge in [0.1, 0.15) is 11.8 Å². The number of rotatable bonds is 4. The highest BCUT2D eigenvalue weighted by Crippen LogP contribution is 2.27. The highest BCUT2D eigenvalue weighted by Gasteiger charge is 2.45. The molecular formula is C14H19F3N2O. The molecule has 112 valence electrons. The van der Waals surface area contributed by atoms with E-state index in [-0.39, 0.29) is 0 Å². The number of piperidine rings is 1. The van der Waals surface area contributed by atoms with E-state index in [4.69, 9.17) is 4.74 Å². The molecule has 0 saturated carbocycles. The van der Waals surface area contributed by atoms with Crippen LogP contribution in [-0.2, 0) is 6.54 Å². The summed E-state index contributed by atoms with van der Waals surface area (Å²) >= 11 is 0. The second kappa shape index (κ2) is 6.45. The molecule has 20 heavy (non-hydrogen) atoms. The summed E-state index contributed by atoms with van der Waals surface area (Å²) in [6.07, 6.45) is -2.96. The number of hydrogen-bond acceptors (Lipinski definition) is 3. The maximum absolute atomic E-state index is 12.9. The summed E-state index contributed by atoms with van der Waals surface area (Å²) in [7, 11) is 1.56. The monoisotopic (exact) mass is 288 g/mol. The van der Waals surface area contributed by atoms with Gasteiger partial charge in [-0.15, -0.1) is 0 Å². The lowest BCUT2D eigenvalue weighted by Crippen LogP contribution is -2.58. The highest BCUT2D eigenvalue weighted by molar-refractivity contribution is 5.33. The van der Waals surface area contributed by atoms with Gasteiger partial charge in [0.05, 0.1) is 7.11 Å². The summed E-state index contributed by atoms with van der Waals surface area (Å²) in [5.74, 6) is 0.687. The molecule has 6 heteroatoms. The summed E-state index contributed by atoms with van der Waals surface area (Å²) in [5.41, 5.74) is 0.862. The number of ether oxygens (including phenoxy) is 1. The molecule has 0 bridgehead atoms. The number of para-hydroxylation sites is 1. The number of nitrogens with one attached hydrogen (secondary N) is 2.